The highest BCUT2D eigenvalue weighted by Gasteiger charge is 2.19. The van der Waals surface area contributed by atoms with Gasteiger partial charge in [0.25, 0.3) is 0 Å². The molecule has 398 valence electrons. The van der Waals surface area contributed by atoms with Crippen molar-refractivity contribution in [2.45, 2.75) is 232 Å². The smallest absolute Gasteiger partial charge is 0.306 e. The normalized spacial score (nSPS) is 13.2. The average Bonchev–Trinajstić information content (AvgIpc) is 3.37. The van der Waals surface area contributed by atoms with E-state index in [1.54, 1.807) is 0 Å². The maximum Gasteiger partial charge on any atom is 0.306 e. The van der Waals surface area contributed by atoms with Gasteiger partial charge in [-0.05, 0) is 116 Å². The van der Waals surface area contributed by atoms with Crippen LogP contribution in [0.25, 0.3) is 0 Å². The molecule has 0 rings (SSSR count). The third-order valence-electron chi connectivity index (χ3n) is 11.3. The van der Waals surface area contributed by atoms with Crippen LogP contribution in [0.1, 0.15) is 226 Å². The van der Waals surface area contributed by atoms with Crippen LogP contribution in [0.15, 0.2) is 146 Å². The second-order valence-electron chi connectivity index (χ2n) is 18.1. The van der Waals surface area contributed by atoms with Crippen LogP contribution >= 0.6 is 0 Å². The van der Waals surface area contributed by atoms with Crippen LogP contribution in [0, 0.1) is 0 Å². The van der Waals surface area contributed by atoms with Crippen LogP contribution in [0.4, 0.5) is 0 Å². The van der Waals surface area contributed by atoms with Crippen molar-refractivity contribution in [1.29, 1.82) is 0 Å². The van der Waals surface area contributed by atoms with Gasteiger partial charge < -0.3 is 14.2 Å². The molecule has 6 heteroatoms. The number of esters is 3. The second-order valence-corrected chi connectivity index (χ2v) is 18.1. The second kappa shape index (κ2) is 57.9. The summed E-state index contributed by atoms with van der Waals surface area (Å²) in [5.41, 5.74) is 0. The molecule has 1 unspecified atom stereocenters. The first-order valence-corrected chi connectivity index (χ1v) is 28.3. The summed E-state index contributed by atoms with van der Waals surface area (Å²) >= 11 is 0. The number of hydrogen-bond acceptors (Lipinski definition) is 6. The summed E-state index contributed by atoms with van der Waals surface area (Å²) in [4.78, 5) is 37.9. The van der Waals surface area contributed by atoms with Crippen molar-refractivity contribution in [3.8, 4) is 0 Å². The molecule has 0 aliphatic heterocycles. The van der Waals surface area contributed by atoms with E-state index in [-0.39, 0.29) is 37.5 Å². The van der Waals surface area contributed by atoms with Crippen molar-refractivity contribution in [3.63, 3.8) is 0 Å². The average molecular weight is 980 g/mol. The molecule has 0 aliphatic carbocycles. The van der Waals surface area contributed by atoms with Crippen LogP contribution < -0.4 is 0 Å². The molecule has 0 saturated carbocycles. The number of rotatable bonds is 49. The standard InChI is InChI=1S/C65H102O6/c1-4-7-10-13-16-18-20-22-24-26-27-28-29-30-31-32-33-34-35-36-37-39-40-42-44-46-49-52-55-58-64(67)70-61-62(60-69-63(66)57-54-51-48-15-12-9-6-3)71-65(68)59-56-53-50-47-45-43-41-38-25-23-21-19-17-14-11-8-5-2/h7-8,10-11,16-19,22-25,27-28,30-31,33-34,36-37,41,43,47,50,62H,4-6,9,12-15,20-21,26,29,32,35,38-40,42,44-46,48-49,51-61H2,1-3H3/b10-7-,11-8-,18-16-,19-17-,24-22-,25-23-,28-27-,31-30-,34-33-,37-36-,43-41-,50-47-. The molecule has 6 nitrogen and oxygen atoms in total. The van der Waals surface area contributed by atoms with Gasteiger partial charge in [0, 0.05) is 19.3 Å². The van der Waals surface area contributed by atoms with Crippen molar-refractivity contribution in [2.75, 3.05) is 13.2 Å². The Morgan fingerprint density at radius 3 is 0.901 bits per heavy atom. The third-order valence-corrected chi connectivity index (χ3v) is 11.3. The number of allylic oxidation sites excluding steroid dienone is 24. The van der Waals surface area contributed by atoms with Crippen molar-refractivity contribution in [1.82, 2.24) is 0 Å². The van der Waals surface area contributed by atoms with E-state index in [4.69, 9.17) is 14.2 Å². The van der Waals surface area contributed by atoms with Crippen LogP contribution in [0.5, 0.6) is 0 Å². The largest absolute Gasteiger partial charge is 0.462 e. The molecule has 0 aliphatic rings. The molecule has 0 fully saturated rings. The summed E-state index contributed by atoms with van der Waals surface area (Å²) in [6, 6.07) is 0. The monoisotopic (exact) mass is 979 g/mol. The molecule has 0 spiro atoms. The molecule has 0 amide bonds. The zero-order valence-electron chi connectivity index (χ0n) is 45.4. The fraction of sp³-hybridized carbons (Fsp3) is 0.585. The minimum Gasteiger partial charge on any atom is -0.462 e. The van der Waals surface area contributed by atoms with Gasteiger partial charge in [-0.15, -0.1) is 0 Å². The fourth-order valence-corrected chi connectivity index (χ4v) is 7.16. The highest BCUT2D eigenvalue weighted by Crippen LogP contribution is 2.13. The molecule has 71 heavy (non-hydrogen) atoms. The molecule has 0 N–H and O–H groups in total. The summed E-state index contributed by atoms with van der Waals surface area (Å²) in [6.45, 7) is 6.29. The maximum absolute atomic E-state index is 12.8. The molecule has 1 atom stereocenters. The Labute approximate surface area is 436 Å². The van der Waals surface area contributed by atoms with E-state index in [2.05, 4.69) is 167 Å². The Morgan fingerprint density at radius 1 is 0.296 bits per heavy atom. The predicted molar refractivity (Wildman–Crippen MR) is 306 cm³/mol. The lowest BCUT2D eigenvalue weighted by molar-refractivity contribution is -0.167. The molecule has 0 aromatic carbocycles. The summed E-state index contributed by atoms with van der Waals surface area (Å²) in [5.74, 6) is -0.995. The van der Waals surface area contributed by atoms with Gasteiger partial charge in [0.05, 0.1) is 0 Å². The molecule has 0 saturated heterocycles. The van der Waals surface area contributed by atoms with Crippen LogP contribution in [0.3, 0.4) is 0 Å². The topological polar surface area (TPSA) is 78.9 Å². The SMILES string of the molecule is CC/C=C\C/C=C\C/C=C\C/C=C\C/C=C\C/C=C\C/C=C\CCCCCCCCCC(=O)OCC(COC(=O)CCCCCCCCC)OC(=O)CCC/C=C\C/C=C\C/C=C\C/C=C\C/C=C\CC. The van der Waals surface area contributed by atoms with Gasteiger partial charge in [-0.3, -0.25) is 14.4 Å². The predicted octanol–water partition coefficient (Wildman–Crippen LogP) is 19.2. The highest BCUT2D eigenvalue weighted by atomic mass is 16.6. The van der Waals surface area contributed by atoms with Gasteiger partial charge in [-0.25, -0.2) is 0 Å². The molecule has 0 aromatic rings. The van der Waals surface area contributed by atoms with E-state index >= 15 is 0 Å². The molecule has 0 heterocycles. The van der Waals surface area contributed by atoms with Gasteiger partial charge >= 0.3 is 17.9 Å². The summed E-state index contributed by atoms with van der Waals surface area (Å²) in [5, 5.41) is 0. The Bertz CT molecular complexity index is 1590. The Morgan fingerprint density at radius 2 is 0.563 bits per heavy atom. The van der Waals surface area contributed by atoms with Gasteiger partial charge in [-0.1, -0.05) is 237 Å². The minimum absolute atomic E-state index is 0.109. The van der Waals surface area contributed by atoms with E-state index in [1.165, 1.54) is 51.4 Å². The maximum atomic E-state index is 12.8. The van der Waals surface area contributed by atoms with Gasteiger partial charge in [0.15, 0.2) is 6.10 Å². The van der Waals surface area contributed by atoms with Gasteiger partial charge in [0.1, 0.15) is 13.2 Å². The number of carbonyl (C=O) groups excluding carboxylic acids is 3. The van der Waals surface area contributed by atoms with E-state index < -0.39 is 6.10 Å². The quantitative estimate of drug-likeness (QED) is 0.0262. The van der Waals surface area contributed by atoms with Crippen molar-refractivity contribution in [3.05, 3.63) is 146 Å². The van der Waals surface area contributed by atoms with Crippen LogP contribution in [-0.4, -0.2) is 37.2 Å². The number of carbonyl (C=O) groups is 3. The van der Waals surface area contributed by atoms with E-state index in [0.29, 0.717) is 19.3 Å². The first kappa shape index (κ1) is 66.3. The van der Waals surface area contributed by atoms with Crippen LogP contribution in [0.2, 0.25) is 0 Å². The molecule has 0 aromatic heterocycles. The van der Waals surface area contributed by atoms with E-state index in [9.17, 15) is 14.4 Å². The molecular weight excluding hydrogens is 877 g/mol. The fourth-order valence-electron chi connectivity index (χ4n) is 7.16. The first-order chi connectivity index (χ1) is 35.0. The van der Waals surface area contributed by atoms with Crippen molar-refractivity contribution in [2.24, 2.45) is 0 Å². The van der Waals surface area contributed by atoms with Crippen LogP contribution in [-0.2, 0) is 28.6 Å². The summed E-state index contributed by atoms with van der Waals surface area (Å²) in [7, 11) is 0. The number of ether oxygens (including phenoxy) is 3. The van der Waals surface area contributed by atoms with Gasteiger partial charge in [0.2, 0.25) is 0 Å². The van der Waals surface area contributed by atoms with E-state index in [1.807, 2.05) is 0 Å². The lowest BCUT2D eigenvalue weighted by Gasteiger charge is -2.18. The first-order valence-electron chi connectivity index (χ1n) is 28.3. The minimum atomic E-state index is -0.815. The zero-order chi connectivity index (χ0) is 51.4. The van der Waals surface area contributed by atoms with Gasteiger partial charge in [-0.2, -0.15) is 0 Å². The molecule has 0 radical (unpaired) electrons. The summed E-state index contributed by atoms with van der Waals surface area (Å²) in [6.07, 6.45) is 82.9. The Hall–Kier alpha value is -4.71. The van der Waals surface area contributed by atoms with Crippen molar-refractivity contribution < 1.29 is 28.6 Å². The van der Waals surface area contributed by atoms with E-state index in [0.717, 1.165) is 128 Å². The lowest BCUT2D eigenvalue weighted by Crippen LogP contribution is -2.30. The highest BCUT2D eigenvalue weighted by molar-refractivity contribution is 5.71. The Balaban J connectivity index is 4.29. The molecule has 0 bridgehead atoms. The third kappa shape index (κ3) is 56.1. The summed E-state index contributed by atoms with van der Waals surface area (Å²) < 4.78 is 16.7. The Kier molecular flexibility index (Phi) is 54.0. The number of unbranched alkanes of at least 4 members (excludes halogenated alkanes) is 14. The zero-order valence-corrected chi connectivity index (χ0v) is 45.4. The van der Waals surface area contributed by atoms with Crippen molar-refractivity contribution >= 4 is 17.9 Å². The molecular formula is C65H102O6. The lowest BCUT2D eigenvalue weighted by atomic mass is 10.1. The number of hydrogen-bond donors (Lipinski definition) is 0.